The van der Waals surface area contributed by atoms with Crippen LogP contribution in [0.15, 0.2) is 0 Å². The summed E-state index contributed by atoms with van der Waals surface area (Å²) in [4.78, 5) is 25.5. The summed E-state index contributed by atoms with van der Waals surface area (Å²) < 4.78 is 0. The number of carbonyl (C=O) groups excluding carboxylic acids is 2. The number of hydrogen-bond acceptors (Lipinski definition) is 2. The molecule has 0 aromatic carbocycles. The Labute approximate surface area is 104 Å². The standard InChI is InChI=1S/C13H24N2O2/c1-9(2)12(3,4)8-15-7-10(16)14-13(5,6)11(15)17/h9H,7-8H2,1-6H3,(H,14,16). The Morgan fingerprint density at radius 3 is 2.35 bits per heavy atom. The third-order valence-corrected chi connectivity index (χ3v) is 3.77. The van der Waals surface area contributed by atoms with Crippen LogP contribution in [0.4, 0.5) is 0 Å². The Kier molecular flexibility index (Phi) is 3.55. The molecule has 2 amide bonds. The highest BCUT2D eigenvalue weighted by Crippen LogP contribution is 2.28. The van der Waals surface area contributed by atoms with E-state index in [0.717, 1.165) is 0 Å². The Balaban J connectivity index is 2.84. The molecule has 0 aromatic heterocycles. The van der Waals surface area contributed by atoms with Crippen molar-refractivity contribution in [2.45, 2.75) is 47.1 Å². The Morgan fingerprint density at radius 2 is 1.88 bits per heavy atom. The molecule has 0 unspecified atom stereocenters. The van der Waals surface area contributed by atoms with Gasteiger partial charge in [0.1, 0.15) is 5.54 Å². The van der Waals surface area contributed by atoms with Crippen LogP contribution in [0.2, 0.25) is 0 Å². The molecule has 1 aliphatic rings. The minimum atomic E-state index is -0.775. The zero-order valence-corrected chi connectivity index (χ0v) is 11.8. The van der Waals surface area contributed by atoms with Crippen LogP contribution in [0.1, 0.15) is 41.5 Å². The van der Waals surface area contributed by atoms with E-state index in [2.05, 4.69) is 33.0 Å². The van der Waals surface area contributed by atoms with Crippen molar-refractivity contribution < 1.29 is 9.59 Å². The molecule has 0 atom stereocenters. The van der Waals surface area contributed by atoms with Crippen LogP contribution < -0.4 is 5.32 Å². The minimum Gasteiger partial charge on any atom is -0.341 e. The predicted molar refractivity (Wildman–Crippen MR) is 67.4 cm³/mol. The lowest BCUT2D eigenvalue weighted by Gasteiger charge is -2.42. The summed E-state index contributed by atoms with van der Waals surface area (Å²) in [5.41, 5.74) is -0.758. The van der Waals surface area contributed by atoms with Gasteiger partial charge in [-0.1, -0.05) is 27.7 Å². The molecule has 0 aliphatic carbocycles. The molecule has 1 aliphatic heterocycles. The normalized spacial score (nSPS) is 20.8. The summed E-state index contributed by atoms with van der Waals surface area (Å²) in [6.45, 7) is 12.8. The molecular formula is C13H24N2O2. The molecule has 0 aromatic rings. The number of nitrogens with one attached hydrogen (secondary N) is 1. The molecule has 0 saturated carbocycles. The van der Waals surface area contributed by atoms with Gasteiger partial charge in [0.05, 0.1) is 6.54 Å². The smallest absolute Gasteiger partial charge is 0.248 e. The SMILES string of the molecule is CC(C)C(C)(C)CN1CC(=O)NC(C)(C)C1=O. The average molecular weight is 240 g/mol. The summed E-state index contributed by atoms with van der Waals surface area (Å²) in [7, 11) is 0. The number of amides is 2. The van der Waals surface area contributed by atoms with Crippen LogP contribution in [0, 0.1) is 11.3 Å². The molecule has 0 spiro atoms. The van der Waals surface area contributed by atoms with E-state index in [0.29, 0.717) is 12.5 Å². The number of rotatable bonds is 3. The average Bonchev–Trinajstić information content (AvgIpc) is 2.11. The van der Waals surface area contributed by atoms with Crippen molar-refractivity contribution in [1.82, 2.24) is 10.2 Å². The molecule has 98 valence electrons. The Hall–Kier alpha value is -1.06. The highest BCUT2D eigenvalue weighted by molar-refractivity contribution is 5.97. The molecule has 1 saturated heterocycles. The van der Waals surface area contributed by atoms with Gasteiger partial charge in [-0.15, -0.1) is 0 Å². The Bertz CT molecular complexity index is 332. The third kappa shape index (κ3) is 2.99. The van der Waals surface area contributed by atoms with Crippen LogP contribution in [0.3, 0.4) is 0 Å². The van der Waals surface area contributed by atoms with E-state index in [9.17, 15) is 9.59 Å². The van der Waals surface area contributed by atoms with Gasteiger partial charge in [0.15, 0.2) is 0 Å². The summed E-state index contributed by atoms with van der Waals surface area (Å²) in [5.74, 6) is 0.392. The van der Waals surface area contributed by atoms with Crippen molar-refractivity contribution in [2.24, 2.45) is 11.3 Å². The number of carbonyl (C=O) groups is 2. The highest BCUT2D eigenvalue weighted by Gasteiger charge is 2.41. The second kappa shape index (κ2) is 4.31. The van der Waals surface area contributed by atoms with E-state index in [1.165, 1.54) is 0 Å². The van der Waals surface area contributed by atoms with Gasteiger partial charge in [-0.3, -0.25) is 9.59 Å². The summed E-state index contributed by atoms with van der Waals surface area (Å²) in [6.07, 6.45) is 0. The fraction of sp³-hybridized carbons (Fsp3) is 0.846. The lowest BCUT2D eigenvalue weighted by molar-refractivity contribution is -0.150. The summed E-state index contributed by atoms with van der Waals surface area (Å²) >= 11 is 0. The van der Waals surface area contributed by atoms with E-state index < -0.39 is 5.54 Å². The molecule has 0 bridgehead atoms. The first-order valence-electron chi connectivity index (χ1n) is 6.16. The van der Waals surface area contributed by atoms with E-state index in [1.54, 1.807) is 18.7 Å². The minimum absolute atomic E-state index is 0.00539. The largest absolute Gasteiger partial charge is 0.341 e. The van der Waals surface area contributed by atoms with E-state index in [-0.39, 0.29) is 23.8 Å². The van der Waals surface area contributed by atoms with E-state index in [4.69, 9.17) is 0 Å². The summed E-state index contributed by atoms with van der Waals surface area (Å²) in [6, 6.07) is 0. The molecule has 1 N–H and O–H groups in total. The number of nitrogens with zero attached hydrogens (tertiary/aromatic N) is 1. The van der Waals surface area contributed by atoms with E-state index >= 15 is 0 Å². The molecule has 1 heterocycles. The molecule has 17 heavy (non-hydrogen) atoms. The van der Waals surface area contributed by atoms with Gasteiger partial charge in [-0.05, 0) is 25.2 Å². The van der Waals surface area contributed by atoms with Crippen molar-refractivity contribution in [2.75, 3.05) is 13.1 Å². The van der Waals surface area contributed by atoms with E-state index in [1.807, 2.05) is 0 Å². The zero-order valence-electron chi connectivity index (χ0n) is 11.8. The topological polar surface area (TPSA) is 49.4 Å². The van der Waals surface area contributed by atoms with Gasteiger partial charge in [0, 0.05) is 6.54 Å². The van der Waals surface area contributed by atoms with Crippen LogP contribution >= 0.6 is 0 Å². The lowest BCUT2D eigenvalue weighted by Crippen LogP contribution is -2.65. The first kappa shape index (κ1) is 14.0. The van der Waals surface area contributed by atoms with Crippen molar-refractivity contribution >= 4 is 11.8 Å². The molecule has 1 rings (SSSR count). The van der Waals surface area contributed by atoms with Crippen LogP contribution in [0.5, 0.6) is 0 Å². The third-order valence-electron chi connectivity index (χ3n) is 3.77. The first-order chi connectivity index (χ1) is 7.56. The van der Waals surface area contributed by atoms with Gasteiger partial charge in [-0.2, -0.15) is 0 Å². The number of piperazine rings is 1. The van der Waals surface area contributed by atoms with Crippen molar-refractivity contribution in [1.29, 1.82) is 0 Å². The van der Waals surface area contributed by atoms with Gasteiger partial charge >= 0.3 is 0 Å². The zero-order chi connectivity index (χ0) is 13.4. The van der Waals surface area contributed by atoms with Gasteiger partial charge in [0.25, 0.3) is 0 Å². The van der Waals surface area contributed by atoms with Gasteiger partial charge in [0.2, 0.25) is 11.8 Å². The first-order valence-corrected chi connectivity index (χ1v) is 6.16. The van der Waals surface area contributed by atoms with Crippen LogP contribution in [-0.2, 0) is 9.59 Å². The predicted octanol–water partition coefficient (Wildman–Crippen LogP) is 1.41. The Morgan fingerprint density at radius 1 is 1.35 bits per heavy atom. The second-order valence-electron chi connectivity index (χ2n) is 6.48. The number of hydrogen-bond donors (Lipinski definition) is 1. The molecule has 0 radical (unpaired) electrons. The maximum atomic E-state index is 12.2. The lowest BCUT2D eigenvalue weighted by atomic mass is 9.80. The summed E-state index contributed by atoms with van der Waals surface area (Å²) in [5, 5.41) is 2.72. The second-order valence-corrected chi connectivity index (χ2v) is 6.48. The maximum Gasteiger partial charge on any atom is 0.248 e. The maximum absolute atomic E-state index is 12.2. The molecule has 4 heteroatoms. The van der Waals surface area contributed by atoms with Crippen LogP contribution in [-0.4, -0.2) is 35.3 Å². The molecule has 1 fully saturated rings. The van der Waals surface area contributed by atoms with Crippen molar-refractivity contribution in [3.05, 3.63) is 0 Å². The molecular weight excluding hydrogens is 216 g/mol. The highest BCUT2D eigenvalue weighted by atomic mass is 16.2. The molecule has 4 nitrogen and oxygen atoms in total. The quantitative estimate of drug-likeness (QED) is 0.810. The fourth-order valence-corrected chi connectivity index (χ4v) is 1.88. The van der Waals surface area contributed by atoms with Crippen LogP contribution in [0.25, 0.3) is 0 Å². The van der Waals surface area contributed by atoms with Crippen molar-refractivity contribution in [3.8, 4) is 0 Å². The monoisotopic (exact) mass is 240 g/mol. The van der Waals surface area contributed by atoms with Gasteiger partial charge < -0.3 is 10.2 Å². The fourth-order valence-electron chi connectivity index (χ4n) is 1.88. The van der Waals surface area contributed by atoms with Crippen molar-refractivity contribution in [3.63, 3.8) is 0 Å². The van der Waals surface area contributed by atoms with Gasteiger partial charge in [-0.25, -0.2) is 0 Å².